The summed E-state index contributed by atoms with van der Waals surface area (Å²) in [5, 5.41) is 3.35. The molecule has 4 heteroatoms. The van der Waals surface area contributed by atoms with Crippen molar-refractivity contribution in [3.8, 4) is 0 Å². The lowest BCUT2D eigenvalue weighted by atomic mass is 10.0. The summed E-state index contributed by atoms with van der Waals surface area (Å²) in [5.41, 5.74) is 0. The number of ether oxygens (including phenoxy) is 1. The van der Waals surface area contributed by atoms with Crippen LogP contribution in [0.4, 0.5) is 0 Å². The Morgan fingerprint density at radius 1 is 1.24 bits per heavy atom. The van der Waals surface area contributed by atoms with Crippen LogP contribution in [0.2, 0.25) is 0 Å². The first-order valence-electron chi connectivity index (χ1n) is 6.95. The van der Waals surface area contributed by atoms with Crippen molar-refractivity contribution in [2.75, 3.05) is 26.2 Å². The van der Waals surface area contributed by atoms with E-state index in [0.717, 1.165) is 57.8 Å². The lowest BCUT2D eigenvalue weighted by molar-refractivity contribution is -0.140. The molecule has 3 fully saturated rings. The molecule has 0 aromatic rings. The van der Waals surface area contributed by atoms with E-state index in [-0.39, 0.29) is 0 Å². The summed E-state index contributed by atoms with van der Waals surface area (Å²) in [5.74, 6) is 1.06. The number of rotatable bonds is 3. The number of nitrogens with zero attached hydrogens (tertiary/aromatic N) is 1. The van der Waals surface area contributed by atoms with E-state index >= 15 is 0 Å². The first-order chi connectivity index (χ1) is 8.31. The van der Waals surface area contributed by atoms with Gasteiger partial charge in [0.2, 0.25) is 5.91 Å². The summed E-state index contributed by atoms with van der Waals surface area (Å²) in [6, 6.07) is 0. The SMILES string of the molecule is O=C(CCC1CCNC1)N1CC2CCC(C1)O2. The van der Waals surface area contributed by atoms with Gasteiger partial charge in [-0.2, -0.15) is 0 Å². The Morgan fingerprint density at radius 2 is 2.00 bits per heavy atom. The predicted octanol–water partition coefficient (Wildman–Crippen LogP) is 0.766. The Bertz CT molecular complexity index is 277. The Kier molecular flexibility index (Phi) is 3.34. The van der Waals surface area contributed by atoms with Gasteiger partial charge in [0.05, 0.1) is 12.2 Å². The summed E-state index contributed by atoms with van der Waals surface area (Å²) >= 11 is 0. The molecule has 96 valence electrons. The summed E-state index contributed by atoms with van der Waals surface area (Å²) in [7, 11) is 0. The Labute approximate surface area is 103 Å². The Morgan fingerprint density at radius 3 is 2.65 bits per heavy atom. The standard InChI is InChI=1S/C13H22N2O2/c16-13(4-1-10-5-6-14-7-10)15-8-11-2-3-12(9-15)17-11/h10-12,14H,1-9H2. The number of hydrogen-bond acceptors (Lipinski definition) is 3. The molecule has 17 heavy (non-hydrogen) atoms. The van der Waals surface area contributed by atoms with Crippen molar-refractivity contribution in [2.24, 2.45) is 5.92 Å². The van der Waals surface area contributed by atoms with E-state index in [4.69, 9.17) is 4.74 Å². The monoisotopic (exact) mass is 238 g/mol. The van der Waals surface area contributed by atoms with Crippen LogP contribution in [0.15, 0.2) is 0 Å². The van der Waals surface area contributed by atoms with Gasteiger partial charge in [0.15, 0.2) is 0 Å². The predicted molar refractivity (Wildman–Crippen MR) is 64.7 cm³/mol. The van der Waals surface area contributed by atoms with E-state index in [1.165, 1.54) is 6.42 Å². The third-order valence-electron chi connectivity index (χ3n) is 4.33. The minimum Gasteiger partial charge on any atom is -0.371 e. The molecule has 0 aromatic carbocycles. The van der Waals surface area contributed by atoms with Gasteiger partial charge in [-0.15, -0.1) is 0 Å². The molecule has 3 aliphatic heterocycles. The highest BCUT2D eigenvalue weighted by Gasteiger charge is 2.35. The van der Waals surface area contributed by atoms with Crippen molar-refractivity contribution in [3.05, 3.63) is 0 Å². The molecule has 3 rings (SSSR count). The smallest absolute Gasteiger partial charge is 0.222 e. The van der Waals surface area contributed by atoms with E-state index in [1.807, 2.05) is 4.90 Å². The number of carbonyl (C=O) groups excluding carboxylic acids is 1. The third-order valence-corrected chi connectivity index (χ3v) is 4.33. The van der Waals surface area contributed by atoms with Crippen molar-refractivity contribution in [1.82, 2.24) is 10.2 Å². The fourth-order valence-corrected chi connectivity index (χ4v) is 3.27. The van der Waals surface area contributed by atoms with Crippen LogP contribution in [0, 0.1) is 5.92 Å². The van der Waals surface area contributed by atoms with Crippen molar-refractivity contribution < 1.29 is 9.53 Å². The third kappa shape index (κ3) is 2.63. The topological polar surface area (TPSA) is 41.6 Å². The van der Waals surface area contributed by atoms with Crippen molar-refractivity contribution in [3.63, 3.8) is 0 Å². The molecular weight excluding hydrogens is 216 g/mol. The number of nitrogens with one attached hydrogen (secondary N) is 1. The highest BCUT2D eigenvalue weighted by atomic mass is 16.5. The Balaban J connectivity index is 1.45. The fraction of sp³-hybridized carbons (Fsp3) is 0.923. The van der Waals surface area contributed by atoms with Crippen molar-refractivity contribution in [2.45, 2.75) is 44.3 Å². The maximum atomic E-state index is 12.1. The molecule has 0 aromatic heterocycles. The molecule has 1 N–H and O–H groups in total. The van der Waals surface area contributed by atoms with Gasteiger partial charge in [-0.1, -0.05) is 0 Å². The second kappa shape index (κ2) is 4.94. The molecule has 0 aliphatic carbocycles. The normalized spacial score (nSPS) is 36.5. The molecule has 3 atom stereocenters. The summed E-state index contributed by atoms with van der Waals surface area (Å²) in [6.07, 6.45) is 5.95. The lowest BCUT2D eigenvalue weighted by Gasteiger charge is -2.32. The maximum absolute atomic E-state index is 12.1. The summed E-state index contributed by atoms with van der Waals surface area (Å²) in [6.45, 7) is 3.89. The second-order valence-electron chi connectivity index (χ2n) is 5.65. The van der Waals surface area contributed by atoms with Gasteiger partial charge in [-0.3, -0.25) is 4.79 Å². The van der Waals surface area contributed by atoms with Gasteiger partial charge in [0, 0.05) is 19.5 Å². The van der Waals surface area contributed by atoms with Crippen LogP contribution in [-0.2, 0) is 9.53 Å². The average molecular weight is 238 g/mol. The van der Waals surface area contributed by atoms with E-state index in [1.54, 1.807) is 0 Å². The minimum absolute atomic E-state index is 0.325. The van der Waals surface area contributed by atoms with E-state index < -0.39 is 0 Å². The lowest BCUT2D eigenvalue weighted by Crippen LogP contribution is -2.45. The molecule has 3 aliphatic rings. The van der Waals surface area contributed by atoms with E-state index in [0.29, 0.717) is 18.1 Å². The van der Waals surface area contributed by atoms with Crippen molar-refractivity contribution >= 4 is 5.91 Å². The average Bonchev–Trinajstić information content (AvgIpc) is 2.96. The zero-order valence-electron chi connectivity index (χ0n) is 10.4. The molecule has 3 unspecified atom stereocenters. The molecule has 0 radical (unpaired) electrons. The molecule has 0 saturated carbocycles. The number of amides is 1. The van der Waals surface area contributed by atoms with Crippen LogP contribution in [-0.4, -0.2) is 49.2 Å². The van der Waals surface area contributed by atoms with Crippen LogP contribution in [0.3, 0.4) is 0 Å². The first-order valence-corrected chi connectivity index (χ1v) is 6.95. The molecule has 3 saturated heterocycles. The Hall–Kier alpha value is -0.610. The van der Waals surface area contributed by atoms with Crippen molar-refractivity contribution in [1.29, 1.82) is 0 Å². The van der Waals surface area contributed by atoms with Gasteiger partial charge >= 0.3 is 0 Å². The first kappa shape index (κ1) is 11.5. The van der Waals surface area contributed by atoms with Gasteiger partial charge in [-0.25, -0.2) is 0 Å². The molecule has 1 amide bonds. The second-order valence-corrected chi connectivity index (χ2v) is 5.65. The van der Waals surface area contributed by atoms with Crippen LogP contribution >= 0.6 is 0 Å². The molecule has 2 bridgehead atoms. The minimum atomic E-state index is 0.325. The van der Waals surface area contributed by atoms with Gasteiger partial charge in [0.25, 0.3) is 0 Å². The fourth-order valence-electron chi connectivity index (χ4n) is 3.27. The van der Waals surface area contributed by atoms with Gasteiger partial charge in [0.1, 0.15) is 0 Å². The summed E-state index contributed by atoms with van der Waals surface area (Å²) in [4.78, 5) is 14.2. The number of likely N-dealkylation sites (tertiary alicyclic amines) is 1. The quantitative estimate of drug-likeness (QED) is 0.789. The molecule has 3 heterocycles. The van der Waals surface area contributed by atoms with Crippen LogP contribution in [0.1, 0.15) is 32.1 Å². The number of hydrogen-bond donors (Lipinski definition) is 1. The number of carbonyl (C=O) groups is 1. The zero-order valence-corrected chi connectivity index (χ0v) is 10.4. The van der Waals surface area contributed by atoms with Gasteiger partial charge < -0.3 is 15.0 Å². The van der Waals surface area contributed by atoms with Crippen LogP contribution in [0.5, 0.6) is 0 Å². The summed E-state index contributed by atoms with van der Waals surface area (Å²) < 4.78 is 5.75. The molecule has 4 nitrogen and oxygen atoms in total. The molecular formula is C13H22N2O2. The number of fused-ring (bicyclic) bond motifs is 2. The van der Waals surface area contributed by atoms with Crippen LogP contribution < -0.4 is 5.32 Å². The van der Waals surface area contributed by atoms with Gasteiger partial charge in [-0.05, 0) is 44.7 Å². The molecule has 0 spiro atoms. The maximum Gasteiger partial charge on any atom is 0.222 e. The number of morpholine rings is 1. The van der Waals surface area contributed by atoms with E-state index in [2.05, 4.69) is 5.32 Å². The largest absolute Gasteiger partial charge is 0.371 e. The zero-order chi connectivity index (χ0) is 11.7. The van der Waals surface area contributed by atoms with Crippen LogP contribution in [0.25, 0.3) is 0 Å². The highest BCUT2D eigenvalue weighted by molar-refractivity contribution is 5.76. The highest BCUT2D eigenvalue weighted by Crippen LogP contribution is 2.27. The van der Waals surface area contributed by atoms with E-state index in [9.17, 15) is 4.79 Å².